The number of rotatable bonds is 0. The minimum absolute atomic E-state index is 0. The topological polar surface area (TPSA) is 32.9 Å². The summed E-state index contributed by atoms with van der Waals surface area (Å²) >= 11 is 0. The first-order chi connectivity index (χ1) is 7.00. The van der Waals surface area contributed by atoms with E-state index in [1.165, 1.54) is 18.2 Å². The monoisotopic (exact) mass is 251 g/mol. The summed E-state index contributed by atoms with van der Waals surface area (Å²) in [6.07, 6.45) is -2.14. The number of pyridine rings is 1. The van der Waals surface area contributed by atoms with Gasteiger partial charge in [0, 0.05) is 5.56 Å². The Morgan fingerprint density at radius 1 is 1.25 bits per heavy atom. The molecule has 0 bridgehead atoms. The van der Waals surface area contributed by atoms with Gasteiger partial charge in [0.15, 0.2) is 0 Å². The maximum absolute atomic E-state index is 12.5. The van der Waals surface area contributed by atoms with E-state index >= 15 is 0 Å². The average Bonchev–Trinajstić information content (AvgIpc) is 2.16. The molecule has 0 amide bonds. The van der Waals surface area contributed by atoms with Gasteiger partial charge in [-0.2, -0.15) is 19.2 Å². The Labute approximate surface area is 131 Å². The van der Waals surface area contributed by atoms with E-state index in [2.05, 4.69) is 11.2 Å². The Balaban J connectivity index is 0.00000128. The van der Waals surface area contributed by atoms with Gasteiger partial charge in [-0.15, -0.1) is 17.6 Å². The van der Waals surface area contributed by atoms with Gasteiger partial charge in [-0.1, -0.05) is 17.5 Å². The van der Waals surface area contributed by atoms with E-state index in [-0.39, 0.29) is 62.2 Å². The number of nitrogens with one attached hydrogen (secondary N) is 1. The second-order valence-corrected chi connectivity index (χ2v) is 3.01. The molecule has 6 heteroatoms. The van der Waals surface area contributed by atoms with Crippen LogP contribution in [-0.4, -0.2) is 4.98 Å². The summed E-state index contributed by atoms with van der Waals surface area (Å²) in [6, 6.07) is 4.90. The molecule has 0 unspecified atom stereocenters. The predicted octanol–water partition coefficient (Wildman–Crippen LogP) is -0.649. The third-order valence-corrected chi connectivity index (χ3v) is 2.04. The molecule has 0 saturated heterocycles. The zero-order valence-corrected chi connectivity index (χ0v) is 11.5. The molecule has 1 heterocycles. The second kappa shape index (κ2) is 5.01. The summed E-state index contributed by atoms with van der Waals surface area (Å²) in [7, 11) is 0. The molecule has 1 aromatic heterocycles. The standard InChI is InChI=1S/C10H5F3NO.K/c11-10(12,13)7-3-1-2-6-4-5-14-9(15)8(6)7;/h1-4H,(H,14,15);/q-1;+1. The van der Waals surface area contributed by atoms with Crippen LogP contribution in [0.5, 0.6) is 0 Å². The normalized spacial score (nSPS) is 11.2. The molecule has 0 aliphatic heterocycles. The molecule has 16 heavy (non-hydrogen) atoms. The van der Waals surface area contributed by atoms with Crippen molar-refractivity contribution < 1.29 is 64.6 Å². The third kappa shape index (κ3) is 2.57. The van der Waals surface area contributed by atoms with Gasteiger partial charge < -0.3 is 9.78 Å². The quantitative estimate of drug-likeness (QED) is 0.490. The summed E-state index contributed by atoms with van der Waals surface area (Å²) < 4.78 is 37.6. The first kappa shape index (κ1) is 13.9. The van der Waals surface area contributed by atoms with E-state index in [1.807, 2.05) is 0 Å². The predicted molar refractivity (Wildman–Crippen MR) is 48.4 cm³/mol. The molecule has 1 N–H and O–H groups in total. The fourth-order valence-corrected chi connectivity index (χ4v) is 1.42. The van der Waals surface area contributed by atoms with Gasteiger partial charge in [0.1, 0.15) is 5.56 Å². The van der Waals surface area contributed by atoms with E-state index in [1.54, 1.807) is 0 Å². The van der Waals surface area contributed by atoms with Crippen LogP contribution < -0.4 is 56.9 Å². The van der Waals surface area contributed by atoms with E-state index in [4.69, 9.17) is 0 Å². The van der Waals surface area contributed by atoms with Crippen molar-refractivity contribution >= 4 is 10.8 Å². The molecule has 78 valence electrons. The molecule has 2 rings (SSSR count). The van der Waals surface area contributed by atoms with Crippen LogP contribution in [0.2, 0.25) is 0 Å². The average molecular weight is 251 g/mol. The smallest absolute Gasteiger partial charge is 0.436 e. The molecular formula is C10H5F3KNO. The number of fused-ring (bicyclic) bond motifs is 1. The molecule has 0 radical (unpaired) electrons. The van der Waals surface area contributed by atoms with Crippen molar-refractivity contribution in [2.45, 2.75) is 6.18 Å². The van der Waals surface area contributed by atoms with E-state index < -0.39 is 17.3 Å². The minimum Gasteiger partial charge on any atom is -0.436 e. The number of benzene rings is 1. The summed E-state index contributed by atoms with van der Waals surface area (Å²) in [6.45, 7) is 0. The number of halogens is 3. The van der Waals surface area contributed by atoms with Crippen LogP contribution in [0.3, 0.4) is 0 Å². The van der Waals surface area contributed by atoms with Crippen LogP contribution in [0.15, 0.2) is 29.1 Å². The number of aromatic nitrogens is 1. The largest absolute Gasteiger partial charge is 1.00 e. The molecule has 0 aliphatic rings. The molecule has 0 fully saturated rings. The van der Waals surface area contributed by atoms with Crippen molar-refractivity contribution in [3.05, 3.63) is 46.4 Å². The Hall–Kier alpha value is -0.144. The van der Waals surface area contributed by atoms with Crippen molar-refractivity contribution in [1.82, 2.24) is 4.98 Å². The Morgan fingerprint density at radius 3 is 2.56 bits per heavy atom. The minimum atomic E-state index is -4.52. The molecule has 2 aromatic rings. The Bertz CT molecular complexity index is 556. The summed E-state index contributed by atoms with van der Waals surface area (Å²) in [5.41, 5.74) is -1.70. The van der Waals surface area contributed by atoms with Crippen LogP contribution in [-0.2, 0) is 6.18 Å². The summed E-state index contributed by atoms with van der Waals surface area (Å²) in [4.78, 5) is 13.4. The van der Waals surface area contributed by atoms with E-state index in [0.717, 1.165) is 6.07 Å². The van der Waals surface area contributed by atoms with Crippen LogP contribution in [0, 0.1) is 6.20 Å². The first-order valence-electron chi connectivity index (χ1n) is 4.09. The van der Waals surface area contributed by atoms with Gasteiger partial charge in [0.2, 0.25) is 0 Å². The van der Waals surface area contributed by atoms with Crippen LogP contribution in [0.4, 0.5) is 13.2 Å². The van der Waals surface area contributed by atoms with Crippen LogP contribution in [0.1, 0.15) is 5.56 Å². The molecule has 1 aromatic carbocycles. The fraction of sp³-hybridized carbons (Fsp3) is 0.100. The number of aromatic amines is 1. The Morgan fingerprint density at radius 2 is 1.94 bits per heavy atom. The number of H-pyrrole nitrogens is 1. The van der Waals surface area contributed by atoms with Crippen molar-refractivity contribution in [3.63, 3.8) is 0 Å². The van der Waals surface area contributed by atoms with Gasteiger partial charge in [-0.05, 0) is 0 Å². The molecular weight excluding hydrogens is 246 g/mol. The Kier molecular flexibility index (Phi) is 4.36. The van der Waals surface area contributed by atoms with Gasteiger partial charge in [0.05, 0.1) is 0 Å². The van der Waals surface area contributed by atoms with Crippen molar-refractivity contribution in [1.29, 1.82) is 0 Å². The molecule has 0 spiro atoms. The van der Waals surface area contributed by atoms with Gasteiger partial charge in [0.25, 0.3) is 0 Å². The fourth-order valence-electron chi connectivity index (χ4n) is 1.42. The molecule has 0 atom stereocenters. The second-order valence-electron chi connectivity index (χ2n) is 3.01. The molecule has 0 saturated carbocycles. The SMILES string of the molecule is O=c1[nH][c-]cc2cccc(C(F)(F)F)c12.[K+]. The number of hydrogen-bond donors (Lipinski definition) is 1. The molecule has 2 nitrogen and oxygen atoms in total. The van der Waals surface area contributed by atoms with Crippen molar-refractivity contribution in [3.8, 4) is 0 Å². The van der Waals surface area contributed by atoms with Crippen LogP contribution >= 0.6 is 0 Å². The summed E-state index contributed by atoms with van der Waals surface area (Å²) in [5, 5.41) is -0.114. The van der Waals surface area contributed by atoms with Gasteiger partial charge in [-0.3, -0.25) is 0 Å². The third-order valence-electron chi connectivity index (χ3n) is 2.04. The first-order valence-corrected chi connectivity index (χ1v) is 4.09. The summed E-state index contributed by atoms with van der Waals surface area (Å²) in [5.74, 6) is 0. The number of alkyl halides is 3. The van der Waals surface area contributed by atoms with Crippen LogP contribution in [0.25, 0.3) is 10.8 Å². The zero-order chi connectivity index (χ0) is 11.1. The maximum atomic E-state index is 12.5. The van der Waals surface area contributed by atoms with Gasteiger partial charge >= 0.3 is 57.6 Å². The maximum Gasteiger partial charge on any atom is 1.00 e. The van der Waals surface area contributed by atoms with Crippen molar-refractivity contribution in [2.24, 2.45) is 0 Å². The molecule has 0 aliphatic carbocycles. The van der Waals surface area contributed by atoms with E-state index in [9.17, 15) is 18.0 Å². The van der Waals surface area contributed by atoms with E-state index in [0.29, 0.717) is 0 Å². The van der Waals surface area contributed by atoms with Crippen molar-refractivity contribution in [2.75, 3.05) is 0 Å². The number of hydrogen-bond acceptors (Lipinski definition) is 1. The zero-order valence-electron chi connectivity index (χ0n) is 8.35. The van der Waals surface area contributed by atoms with Gasteiger partial charge in [-0.25, -0.2) is 0 Å².